The van der Waals surface area contributed by atoms with Gasteiger partial charge in [0, 0.05) is 42.9 Å². The molecular weight excluding hydrogens is 414 g/mol. The fourth-order valence-corrected chi connectivity index (χ4v) is 6.20. The van der Waals surface area contributed by atoms with Gasteiger partial charge in [-0.2, -0.15) is 0 Å². The van der Waals surface area contributed by atoms with Gasteiger partial charge in [-0.25, -0.2) is 9.78 Å². The van der Waals surface area contributed by atoms with Crippen LogP contribution in [-0.2, 0) is 4.74 Å². The van der Waals surface area contributed by atoms with Crippen molar-refractivity contribution >= 4 is 23.3 Å². The van der Waals surface area contributed by atoms with Gasteiger partial charge in [0.2, 0.25) is 0 Å². The molecule has 2 amide bonds. The van der Waals surface area contributed by atoms with Gasteiger partial charge in [0.25, 0.3) is 5.91 Å². The smallest absolute Gasteiger partial charge is 0.410 e. The monoisotopic (exact) mass is 449 g/mol. The first-order valence-electron chi connectivity index (χ1n) is 11.7. The molecule has 1 aliphatic carbocycles. The fraction of sp³-hybridized carbons (Fsp3) is 0.783. The quantitative estimate of drug-likeness (QED) is 0.737. The number of nitrogens with zero attached hydrogens (tertiary/aromatic N) is 3. The lowest BCUT2D eigenvalue weighted by molar-refractivity contribution is -0.0264. The van der Waals surface area contributed by atoms with E-state index in [0.717, 1.165) is 43.5 Å². The summed E-state index contributed by atoms with van der Waals surface area (Å²) >= 11 is 1.56. The van der Waals surface area contributed by atoms with Crippen LogP contribution >= 0.6 is 11.3 Å². The lowest BCUT2D eigenvalue weighted by Crippen LogP contribution is -2.54. The summed E-state index contributed by atoms with van der Waals surface area (Å²) in [6.45, 7) is 7.55. The highest BCUT2D eigenvalue weighted by Crippen LogP contribution is 2.37. The van der Waals surface area contributed by atoms with E-state index in [0.29, 0.717) is 31.7 Å². The maximum absolute atomic E-state index is 13.3. The highest BCUT2D eigenvalue weighted by Gasteiger charge is 2.41. The molecule has 1 N–H and O–H groups in total. The van der Waals surface area contributed by atoms with Gasteiger partial charge in [-0.3, -0.25) is 4.79 Å². The maximum atomic E-state index is 13.3. The average molecular weight is 450 g/mol. The van der Waals surface area contributed by atoms with Crippen LogP contribution in [0, 0.1) is 5.92 Å². The summed E-state index contributed by atoms with van der Waals surface area (Å²) in [6.07, 6.45) is 6.04. The second-order valence-electron chi connectivity index (χ2n) is 10.2. The van der Waals surface area contributed by atoms with Crippen LogP contribution in [0.15, 0.2) is 5.38 Å². The van der Waals surface area contributed by atoms with Crippen LogP contribution in [0.1, 0.15) is 87.1 Å². The van der Waals surface area contributed by atoms with Gasteiger partial charge in [0.1, 0.15) is 11.3 Å². The Hall–Kier alpha value is -1.67. The zero-order valence-corrected chi connectivity index (χ0v) is 19.7. The van der Waals surface area contributed by atoms with Crippen LogP contribution in [0.25, 0.3) is 0 Å². The topological polar surface area (TPSA) is 83.0 Å². The molecular formula is C23H35N3O4S. The number of likely N-dealkylation sites (tertiary alicyclic amines) is 2. The number of aromatic nitrogens is 1. The largest absolute Gasteiger partial charge is 0.444 e. The molecule has 0 spiro atoms. The summed E-state index contributed by atoms with van der Waals surface area (Å²) < 4.78 is 5.48. The predicted octanol–water partition coefficient (Wildman–Crippen LogP) is 4.02. The number of piperidine rings is 2. The molecule has 1 aromatic heterocycles. The van der Waals surface area contributed by atoms with Crippen molar-refractivity contribution in [3.8, 4) is 0 Å². The van der Waals surface area contributed by atoms with Crippen LogP contribution < -0.4 is 0 Å². The number of amides is 2. The highest BCUT2D eigenvalue weighted by molar-refractivity contribution is 7.09. The number of carbonyl (C=O) groups is 2. The second-order valence-corrected chi connectivity index (χ2v) is 11.1. The summed E-state index contributed by atoms with van der Waals surface area (Å²) in [5.41, 5.74) is 0.0515. The number of carbonyl (C=O) groups excluding carboxylic acids is 2. The third-order valence-electron chi connectivity index (χ3n) is 6.84. The lowest BCUT2D eigenvalue weighted by Gasteiger charge is -2.46. The van der Waals surface area contributed by atoms with Crippen molar-refractivity contribution in [1.82, 2.24) is 14.8 Å². The molecule has 3 heterocycles. The van der Waals surface area contributed by atoms with Crippen molar-refractivity contribution in [2.45, 2.75) is 89.4 Å². The summed E-state index contributed by atoms with van der Waals surface area (Å²) in [6, 6.07) is 0.146. The van der Waals surface area contributed by atoms with Crippen molar-refractivity contribution in [1.29, 1.82) is 0 Å². The first kappa shape index (κ1) is 22.5. The van der Waals surface area contributed by atoms with E-state index in [9.17, 15) is 14.7 Å². The Morgan fingerprint density at radius 3 is 2.52 bits per heavy atom. The molecule has 1 saturated carbocycles. The molecule has 0 radical (unpaired) electrons. The fourth-order valence-electron chi connectivity index (χ4n) is 5.24. The molecule has 0 bridgehead atoms. The van der Waals surface area contributed by atoms with Gasteiger partial charge in [-0.15, -0.1) is 11.3 Å². The highest BCUT2D eigenvalue weighted by atomic mass is 32.1. The molecule has 3 fully saturated rings. The van der Waals surface area contributed by atoms with Gasteiger partial charge in [-0.1, -0.05) is 12.8 Å². The van der Waals surface area contributed by atoms with Crippen molar-refractivity contribution in [2.75, 3.05) is 19.6 Å². The van der Waals surface area contributed by atoms with Crippen LogP contribution in [0.5, 0.6) is 0 Å². The van der Waals surface area contributed by atoms with E-state index in [-0.39, 0.29) is 36.0 Å². The van der Waals surface area contributed by atoms with E-state index >= 15 is 0 Å². The Bertz CT molecular complexity index is 797. The van der Waals surface area contributed by atoms with Gasteiger partial charge in [0.15, 0.2) is 0 Å². The van der Waals surface area contributed by atoms with Crippen molar-refractivity contribution in [2.24, 2.45) is 5.92 Å². The number of hydrogen-bond donors (Lipinski definition) is 1. The van der Waals surface area contributed by atoms with Crippen molar-refractivity contribution in [3.63, 3.8) is 0 Å². The molecule has 3 aliphatic rings. The van der Waals surface area contributed by atoms with E-state index < -0.39 is 5.60 Å². The van der Waals surface area contributed by atoms with Gasteiger partial charge >= 0.3 is 6.09 Å². The summed E-state index contributed by atoms with van der Waals surface area (Å²) in [7, 11) is 0. The van der Waals surface area contributed by atoms with Crippen molar-refractivity contribution < 1.29 is 19.4 Å². The number of aliphatic hydroxyl groups excluding tert-OH is 1. The predicted molar refractivity (Wildman–Crippen MR) is 119 cm³/mol. The third kappa shape index (κ3) is 5.06. The molecule has 4 rings (SSSR count). The second kappa shape index (κ2) is 9.06. The maximum Gasteiger partial charge on any atom is 0.410 e. The molecule has 172 valence electrons. The number of aliphatic hydroxyl groups is 1. The molecule has 7 nitrogen and oxygen atoms in total. The zero-order chi connectivity index (χ0) is 22.2. The Kier molecular flexibility index (Phi) is 6.58. The molecule has 1 aromatic rings. The average Bonchev–Trinajstić information content (AvgIpc) is 3.23. The minimum atomic E-state index is -0.486. The molecule has 0 aromatic carbocycles. The minimum absolute atomic E-state index is 0.0116. The standard InChI is InChI=1S/C23H35N3O4S/c1-23(2,3)30-22(29)25-11-8-15(9-12-25)20-24-17(14-31-20)21(28)26-13-10-19(27)16-6-4-5-7-18(16)26/h14-16,18-19,27H,4-13H2,1-3H3. The molecule has 3 unspecified atom stereocenters. The van der Waals surface area contributed by atoms with Crippen LogP contribution in [0.2, 0.25) is 0 Å². The van der Waals surface area contributed by atoms with Gasteiger partial charge in [-0.05, 0) is 52.9 Å². The zero-order valence-electron chi connectivity index (χ0n) is 18.9. The summed E-state index contributed by atoms with van der Waals surface area (Å²) in [5.74, 6) is 0.495. The Balaban J connectivity index is 1.36. The first-order chi connectivity index (χ1) is 14.7. The van der Waals surface area contributed by atoms with Gasteiger partial charge < -0.3 is 19.6 Å². The third-order valence-corrected chi connectivity index (χ3v) is 7.85. The minimum Gasteiger partial charge on any atom is -0.444 e. The van der Waals surface area contributed by atoms with E-state index in [1.165, 1.54) is 0 Å². The Morgan fingerprint density at radius 1 is 1.10 bits per heavy atom. The molecule has 2 aliphatic heterocycles. The van der Waals surface area contributed by atoms with Crippen LogP contribution in [0.4, 0.5) is 4.79 Å². The summed E-state index contributed by atoms with van der Waals surface area (Å²) in [5, 5.41) is 13.3. The number of thiazole rings is 1. The summed E-state index contributed by atoms with van der Waals surface area (Å²) in [4.78, 5) is 34.0. The Labute approximate surface area is 188 Å². The number of ether oxygens (including phenoxy) is 1. The number of fused-ring (bicyclic) bond motifs is 1. The normalized spacial score (nSPS) is 27.7. The molecule has 31 heavy (non-hydrogen) atoms. The molecule has 3 atom stereocenters. The number of hydrogen-bond acceptors (Lipinski definition) is 6. The van der Waals surface area contributed by atoms with E-state index in [2.05, 4.69) is 0 Å². The van der Waals surface area contributed by atoms with Crippen LogP contribution in [0.3, 0.4) is 0 Å². The molecule has 8 heteroatoms. The lowest BCUT2D eigenvalue weighted by atomic mass is 9.76. The molecule has 2 saturated heterocycles. The SMILES string of the molecule is CC(C)(C)OC(=O)N1CCC(c2nc(C(=O)N3CCC(O)C4CCCCC43)cs2)CC1. The van der Waals surface area contributed by atoms with E-state index in [1.807, 2.05) is 31.1 Å². The van der Waals surface area contributed by atoms with E-state index in [4.69, 9.17) is 9.72 Å². The number of rotatable bonds is 2. The first-order valence-corrected chi connectivity index (χ1v) is 12.5. The van der Waals surface area contributed by atoms with Gasteiger partial charge in [0.05, 0.1) is 11.1 Å². The van der Waals surface area contributed by atoms with E-state index in [1.54, 1.807) is 16.2 Å². The van der Waals surface area contributed by atoms with Crippen LogP contribution in [-0.4, -0.2) is 69.3 Å². The Morgan fingerprint density at radius 2 is 1.81 bits per heavy atom. The van der Waals surface area contributed by atoms with Crippen molar-refractivity contribution in [3.05, 3.63) is 16.1 Å².